The second kappa shape index (κ2) is 15.0. The summed E-state index contributed by atoms with van der Waals surface area (Å²) in [5.41, 5.74) is 1.57. The number of aliphatic hydroxyl groups excluding tert-OH is 1. The van der Waals surface area contributed by atoms with E-state index >= 15 is 0 Å². The van der Waals surface area contributed by atoms with E-state index in [1.165, 1.54) is 5.56 Å². The number of benzene rings is 2. The Hall–Kier alpha value is -1.74. The van der Waals surface area contributed by atoms with Crippen LogP contribution in [0.15, 0.2) is 36.4 Å². The molecule has 10 heteroatoms. The number of hydrogen-bond acceptors (Lipinski definition) is 5. The van der Waals surface area contributed by atoms with Crippen LogP contribution in [0.25, 0.3) is 0 Å². The number of rotatable bonds is 12. The minimum atomic E-state index is -0.690. The quantitative estimate of drug-likeness (QED) is 0.370. The smallest absolute Gasteiger partial charge is 0.255 e. The largest absolute Gasteiger partial charge is 0.497 e. The number of quaternary nitrogens is 1. The summed E-state index contributed by atoms with van der Waals surface area (Å²) in [4.78, 5) is 14.5. The predicted molar refractivity (Wildman–Crippen MR) is 150 cm³/mol. The Kier molecular flexibility index (Phi) is 12.8. The molecule has 2 aromatic carbocycles. The average Bonchev–Trinajstić information content (AvgIpc) is 2.92. The maximum absolute atomic E-state index is 12.8. The normalized spacial score (nSPS) is 14.6. The monoisotopic (exact) mass is 575 g/mol. The van der Waals surface area contributed by atoms with E-state index in [4.69, 9.17) is 37.4 Å². The Bertz CT molecular complexity index is 996. The molecule has 1 saturated heterocycles. The van der Waals surface area contributed by atoms with Crippen LogP contribution in [0, 0.1) is 0 Å². The highest BCUT2D eigenvalue weighted by Gasteiger charge is 2.28. The summed E-state index contributed by atoms with van der Waals surface area (Å²) in [5.74, 6) is 1.01. The first kappa shape index (κ1) is 31.5. The van der Waals surface area contributed by atoms with Crippen molar-refractivity contribution in [2.45, 2.75) is 26.4 Å². The van der Waals surface area contributed by atoms with Crippen molar-refractivity contribution in [2.75, 3.05) is 66.2 Å². The van der Waals surface area contributed by atoms with Crippen LogP contribution in [0.5, 0.6) is 11.5 Å². The van der Waals surface area contributed by atoms with Gasteiger partial charge in [-0.3, -0.25) is 4.79 Å². The van der Waals surface area contributed by atoms with E-state index in [0.29, 0.717) is 44.2 Å². The molecule has 206 valence electrons. The lowest BCUT2D eigenvalue weighted by Crippen LogP contribution is -2.54. The highest BCUT2D eigenvalue weighted by Crippen LogP contribution is 2.35. The molecular formula is C27H38Cl3N2O5+. The highest BCUT2D eigenvalue weighted by atomic mass is 35.5. The lowest BCUT2D eigenvalue weighted by atomic mass is 10.1. The van der Waals surface area contributed by atoms with Gasteiger partial charge in [-0.15, -0.1) is 12.4 Å². The van der Waals surface area contributed by atoms with Crippen LogP contribution in [-0.2, 0) is 11.2 Å². The summed E-state index contributed by atoms with van der Waals surface area (Å²) < 4.78 is 17.2. The van der Waals surface area contributed by atoms with Crippen molar-refractivity contribution in [1.82, 2.24) is 4.90 Å². The number of methoxy groups -OCH3 is 1. The van der Waals surface area contributed by atoms with Gasteiger partial charge in [0.25, 0.3) is 5.91 Å². The second-order valence-electron chi connectivity index (χ2n) is 9.09. The van der Waals surface area contributed by atoms with Crippen molar-refractivity contribution in [2.24, 2.45) is 0 Å². The third-order valence-electron chi connectivity index (χ3n) is 6.98. The van der Waals surface area contributed by atoms with Gasteiger partial charge in [-0.1, -0.05) is 35.3 Å². The summed E-state index contributed by atoms with van der Waals surface area (Å²) in [6.07, 6.45) is 0.213. The van der Waals surface area contributed by atoms with E-state index in [1.54, 1.807) is 24.1 Å². The highest BCUT2D eigenvalue weighted by molar-refractivity contribution is 6.44. The molecule has 0 aliphatic carbocycles. The van der Waals surface area contributed by atoms with Gasteiger partial charge in [0.05, 0.1) is 50.5 Å². The van der Waals surface area contributed by atoms with Crippen LogP contribution in [0.4, 0.5) is 0 Å². The number of carbonyl (C=O) groups is 1. The summed E-state index contributed by atoms with van der Waals surface area (Å²) >= 11 is 12.9. The number of likely N-dealkylation sites (N-methyl/N-ethyl adjacent to an activating group) is 1. The number of nitrogens with zero attached hydrogens (tertiary/aromatic N) is 2. The lowest BCUT2D eigenvalue weighted by Gasteiger charge is -2.38. The number of amides is 1. The molecule has 1 heterocycles. The molecule has 1 unspecified atom stereocenters. The fourth-order valence-corrected chi connectivity index (χ4v) is 4.94. The Morgan fingerprint density at radius 2 is 1.73 bits per heavy atom. The molecule has 1 amide bonds. The van der Waals surface area contributed by atoms with Gasteiger partial charge in [0.15, 0.2) is 0 Å². The van der Waals surface area contributed by atoms with Gasteiger partial charge < -0.3 is 28.7 Å². The summed E-state index contributed by atoms with van der Waals surface area (Å²) in [7, 11) is 1.66. The van der Waals surface area contributed by atoms with Crippen LogP contribution in [0.2, 0.25) is 10.0 Å². The summed E-state index contributed by atoms with van der Waals surface area (Å²) in [6.45, 7) is 9.67. The molecule has 0 aromatic heterocycles. The molecule has 1 N–H and O–H groups in total. The topological polar surface area (TPSA) is 68.2 Å². The van der Waals surface area contributed by atoms with Crippen molar-refractivity contribution in [1.29, 1.82) is 0 Å². The van der Waals surface area contributed by atoms with Crippen LogP contribution < -0.4 is 9.47 Å². The van der Waals surface area contributed by atoms with Crippen LogP contribution in [-0.4, -0.2) is 92.7 Å². The molecule has 1 aliphatic heterocycles. The molecular weight excluding hydrogens is 539 g/mol. The molecule has 37 heavy (non-hydrogen) atoms. The number of aliphatic hydroxyl groups is 1. The van der Waals surface area contributed by atoms with Crippen molar-refractivity contribution in [3.8, 4) is 11.5 Å². The van der Waals surface area contributed by atoms with Gasteiger partial charge in [0.1, 0.15) is 35.8 Å². The Balaban J connectivity index is 0.00000481. The lowest BCUT2D eigenvalue weighted by molar-refractivity contribution is -0.927. The molecule has 1 aliphatic rings. The SMILES string of the molecule is CC[N+](CC)(CCc1ccc(OC)cc1)CC(O)COc1ccc(C(=O)N2CCOCC2)c(Cl)c1Cl.Cl. The minimum absolute atomic E-state index is 0. The predicted octanol–water partition coefficient (Wildman–Crippen LogP) is 4.74. The second-order valence-corrected chi connectivity index (χ2v) is 9.84. The first-order chi connectivity index (χ1) is 17.3. The molecule has 7 nitrogen and oxygen atoms in total. The van der Waals surface area contributed by atoms with E-state index < -0.39 is 6.10 Å². The van der Waals surface area contributed by atoms with E-state index in [1.807, 2.05) is 12.1 Å². The van der Waals surface area contributed by atoms with Gasteiger partial charge in [-0.25, -0.2) is 0 Å². The van der Waals surface area contributed by atoms with E-state index in [-0.39, 0.29) is 35.0 Å². The standard InChI is InChI=1S/C27H37Cl2N2O5.ClH/c1-4-31(5-2,15-12-20-6-8-22(34-3)9-7-20)18-21(32)19-36-24-11-10-23(25(28)26(24)29)27(33)30-13-16-35-17-14-30;/h6-11,21,32H,4-5,12-19H2,1-3H3;1H/q+1;. The van der Waals surface area contributed by atoms with Crippen molar-refractivity contribution in [3.63, 3.8) is 0 Å². The maximum atomic E-state index is 12.8. The summed E-state index contributed by atoms with van der Waals surface area (Å²) in [6, 6.07) is 11.4. The first-order valence-electron chi connectivity index (χ1n) is 12.5. The summed E-state index contributed by atoms with van der Waals surface area (Å²) in [5, 5.41) is 11.2. The molecule has 0 radical (unpaired) electrons. The third-order valence-corrected chi connectivity index (χ3v) is 7.84. The zero-order valence-corrected chi connectivity index (χ0v) is 24.1. The van der Waals surface area contributed by atoms with Crippen LogP contribution in [0.1, 0.15) is 29.8 Å². The van der Waals surface area contributed by atoms with Gasteiger partial charge in [-0.2, -0.15) is 0 Å². The fourth-order valence-electron chi connectivity index (χ4n) is 4.48. The number of hydrogen-bond donors (Lipinski definition) is 1. The van der Waals surface area contributed by atoms with Crippen molar-refractivity contribution < 1.29 is 28.6 Å². The van der Waals surface area contributed by atoms with Crippen molar-refractivity contribution in [3.05, 3.63) is 57.6 Å². The fraction of sp³-hybridized carbons (Fsp3) is 0.519. The molecule has 1 fully saturated rings. The minimum Gasteiger partial charge on any atom is -0.497 e. The molecule has 1 atom stereocenters. The zero-order chi connectivity index (χ0) is 26.1. The van der Waals surface area contributed by atoms with E-state index in [0.717, 1.165) is 36.3 Å². The van der Waals surface area contributed by atoms with E-state index in [9.17, 15) is 9.90 Å². The van der Waals surface area contributed by atoms with Gasteiger partial charge in [0.2, 0.25) is 0 Å². The maximum Gasteiger partial charge on any atom is 0.255 e. The Morgan fingerprint density at radius 1 is 1.08 bits per heavy atom. The zero-order valence-electron chi connectivity index (χ0n) is 21.8. The van der Waals surface area contributed by atoms with E-state index in [2.05, 4.69) is 26.0 Å². The van der Waals surface area contributed by atoms with Gasteiger partial charge >= 0.3 is 0 Å². The molecule has 3 rings (SSSR count). The number of carbonyl (C=O) groups excluding carboxylic acids is 1. The number of halogens is 3. The molecule has 0 spiro atoms. The van der Waals surface area contributed by atoms with Gasteiger partial charge in [0, 0.05) is 19.5 Å². The Morgan fingerprint density at radius 3 is 2.32 bits per heavy atom. The van der Waals surface area contributed by atoms with Crippen LogP contribution in [0.3, 0.4) is 0 Å². The Labute approximate surface area is 236 Å². The third kappa shape index (κ3) is 8.37. The molecule has 2 aromatic rings. The molecule has 0 saturated carbocycles. The first-order valence-corrected chi connectivity index (χ1v) is 13.2. The van der Waals surface area contributed by atoms with Crippen molar-refractivity contribution >= 4 is 41.5 Å². The number of morpholine rings is 1. The molecule has 0 bridgehead atoms. The number of ether oxygens (including phenoxy) is 3. The average molecular weight is 577 g/mol. The van der Waals surface area contributed by atoms with Crippen LogP contribution >= 0.6 is 35.6 Å². The van der Waals surface area contributed by atoms with Gasteiger partial charge in [-0.05, 0) is 43.7 Å².